The fourth-order valence-electron chi connectivity index (χ4n) is 4.03. The summed E-state index contributed by atoms with van der Waals surface area (Å²) in [5.74, 6) is 0.247. The number of hydrogen-bond donors (Lipinski definition) is 1. The number of hydrogen-bond acceptors (Lipinski definition) is 4. The highest BCUT2D eigenvalue weighted by Crippen LogP contribution is 2.31. The molecule has 0 bridgehead atoms. The molecule has 2 aliphatic rings. The van der Waals surface area contributed by atoms with Crippen molar-refractivity contribution >= 4 is 29.4 Å². The number of benzene rings is 2. The van der Waals surface area contributed by atoms with Crippen molar-refractivity contribution in [2.75, 3.05) is 19.7 Å². The number of piperidine rings is 1. The van der Waals surface area contributed by atoms with Crippen LogP contribution in [0.1, 0.15) is 24.0 Å². The van der Waals surface area contributed by atoms with Gasteiger partial charge in [0.15, 0.2) is 6.61 Å². The molecule has 2 heterocycles. The van der Waals surface area contributed by atoms with Gasteiger partial charge in [-0.05, 0) is 49.1 Å². The highest BCUT2D eigenvalue weighted by Gasteiger charge is 2.52. The summed E-state index contributed by atoms with van der Waals surface area (Å²) in [4.78, 5) is 41.1. The summed E-state index contributed by atoms with van der Waals surface area (Å²) in [5, 5.41) is 3.37. The van der Waals surface area contributed by atoms with Crippen LogP contribution in [0.15, 0.2) is 48.5 Å². The Morgan fingerprint density at radius 3 is 2.58 bits per heavy atom. The van der Waals surface area contributed by atoms with Crippen molar-refractivity contribution in [1.82, 2.24) is 15.1 Å². The van der Waals surface area contributed by atoms with E-state index in [0.29, 0.717) is 42.3 Å². The number of carbonyl (C=O) groups excluding carboxylic acids is 3. The highest BCUT2D eigenvalue weighted by molar-refractivity contribution is 6.31. The molecule has 0 saturated carbocycles. The molecule has 2 saturated heterocycles. The molecule has 31 heavy (non-hydrogen) atoms. The van der Waals surface area contributed by atoms with E-state index in [1.165, 1.54) is 4.90 Å². The van der Waals surface area contributed by atoms with Crippen LogP contribution in [0, 0.1) is 6.92 Å². The monoisotopic (exact) mass is 441 g/mol. The standard InChI is InChI=1S/C23H24ClN3O4/c1-16-5-4-7-18(13-16)31-15-20(28)26-11-9-23(10-12-26)21(29)27(22(30)25-23)14-17-6-2-3-8-19(17)24/h2-8,13H,9-12,14-15H2,1H3,(H,25,30). The molecule has 4 amide bonds. The van der Waals surface area contributed by atoms with Gasteiger partial charge in [-0.2, -0.15) is 0 Å². The minimum absolute atomic E-state index is 0.0601. The lowest BCUT2D eigenvalue weighted by Gasteiger charge is -2.37. The Hall–Kier alpha value is -3.06. The van der Waals surface area contributed by atoms with Crippen molar-refractivity contribution in [3.8, 4) is 5.75 Å². The van der Waals surface area contributed by atoms with Gasteiger partial charge < -0.3 is 15.0 Å². The SMILES string of the molecule is Cc1cccc(OCC(=O)N2CCC3(CC2)NC(=O)N(Cc2ccccc2Cl)C3=O)c1. The third-order valence-electron chi connectivity index (χ3n) is 5.85. The van der Waals surface area contributed by atoms with Crippen LogP contribution in [-0.2, 0) is 16.1 Å². The number of carbonyl (C=O) groups is 3. The second kappa shape index (κ2) is 8.59. The van der Waals surface area contributed by atoms with Crippen molar-refractivity contribution in [3.63, 3.8) is 0 Å². The molecule has 1 spiro atoms. The zero-order valence-corrected chi connectivity index (χ0v) is 18.0. The van der Waals surface area contributed by atoms with Crippen molar-refractivity contribution in [2.45, 2.75) is 31.8 Å². The summed E-state index contributed by atoms with van der Waals surface area (Å²) in [7, 11) is 0. The van der Waals surface area contributed by atoms with Gasteiger partial charge in [0.05, 0.1) is 6.54 Å². The number of ether oxygens (including phenoxy) is 1. The third kappa shape index (κ3) is 4.37. The number of nitrogens with one attached hydrogen (secondary N) is 1. The molecule has 8 heteroatoms. The summed E-state index contributed by atoms with van der Waals surface area (Å²) < 4.78 is 5.60. The third-order valence-corrected chi connectivity index (χ3v) is 6.22. The molecule has 0 radical (unpaired) electrons. The summed E-state index contributed by atoms with van der Waals surface area (Å²) in [6.45, 7) is 2.78. The van der Waals surface area contributed by atoms with Crippen molar-refractivity contribution in [3.05, 3.63) is 64.7 Å². The van der Waals surface area contributed by atoms with Crippen LogP contribution >= 0.6 is 11.6 Å². The van der Waals surface area contributed by atoms with E-state index in [1.54, 1.807) is 23.1 Å². The zero-order chi connectivity index (χ0) is 22.0. The van der Waals surface area contributed by atoms with Gasteiger partial charge in [0.25, 0.3) is 11.8 Å². The number of nitrogens with zero attached hydrogens (tertiary/aromatic N) is 2. The van der Waals surface area contributed by atoms with Crippen LogP contribution in [0.25, 0.3) is 0 Å². The lowest BCUT2D eigenvalue weighted by molar-refractivity contribution is -0.139. The number of aryl methyl sites for hydroxylation is 1. The van der Waals surface area contributed by atoms with Gasteiger partial charge in [-0.3, -0.25) is 14.5 Å². The van der Waals surface area contributed by atoms with E-state index in [2.05, 4.69) is 5.32 Å². The fourth-order valence-corrected chi connectivity index (χ4v) is 4.23. The highest BCUT2D eigenvalue weighted by atomic mass is 35.5. The molecule has 0 aromatic heterocycles. The Morgan fingerprint density at radius 1 is 1.13 bits per heavy atom. The van der Waals surface area contributed by atoms with Gasteiger partial charge in [0.1, 0.15) is 11.3 Å². The lowest BCUT2D eigenvalue weighted by Crippen LogP contribution is -2.56. The Morgan fingerprint density at radius 2 is 1.87 bits per heavy atom. The average Bonchev–Trinajstić information content (AvgIpc) is 2.98. The first kappa shape index (κ1) is 21.2. The first-order valence-electron chi connectivity index (χ1n) is 10.2. The molecule has 162 valence electrons. The molecule has 0 aliphatic carbocycles. The molecule has 2 aliphatic heterocycles. The molecule has 7 nitrogen and oxygen atoms in total. The lowest BCUT2D eigenvalue weighted by atomic mass is 9.87. The topological polar surface area (TPSA) is 79.0 Å². The maximum Gasteiger partial charge on any atom is 0.325 e. The quantitative estimate of drug-likeness (QED) is 0.723. The largest absolute Gasteiger partial charge is 0.484 e. The predicted octanol–water partition coefficient (Wildman–Crippen LogP) is 3.14. The minimum atomic E-state index is -0.966. The van der Waals surface area contributed by atoms with Gasteiger partial charge in [-0.1, -0.05) is 41.9 Å². The molecule has 2 fully saturated rings. The predicted molar refractivity (Wildman–Crippen MR) is 116 cm³/mol. The summed E-state index contributed by atoms with van der Waals surface area (Å²) in [6.07, 6.45) is 0.736. The van der Waals surface area contributed by atoms with E-state index in [1.807, 2.05) is 37.3 Å². The number of amides is 4. The first-order valence-corrected chi connectivity index (χ1v) is 10.6. The van der Waals surface area contributed by atoms with Crippen LogP contribution in [0.4, 0.5) is 4.79 Å². The Kier molecular flexibility index (Phi) is 5.87. The number of rotatable bonds is 5. The fraction of sp³-hybridized carbons (Fsp3) is 0.348. The molecule has 2 aromatic carbocycles. The molecule has 1 N–H and O–H groups in total. The van der Waals surface area contributed by atoms with Crippen LogP contribution < -0.4 is 10.1 Å². The molecular formula is C23H24ClN3O4. The molecule has 0 unspecified atom stereocenters. The van der Waals surface area contributed by atoms with E-state index in [4.69, 9.17) is 16.3 Å². The minimum Gasteiger partial charge on any atom is -0.484 e. The summed E-state index contributed by atoms with van der Waals surface area (Å²) >= 11 is 6.19. The smallest absolute Gasteiger partial charge is 0.325 e. The second-order valence-electron chi connectivity index (χ2n) is 7.98. The van der Waals surface area contributed by atoms with Gasteiger partial charge in [0, 0.05) is 18.1 Å². The Balaban J connectivity index is 1.35. The van der Waals surface area contributed by atoms with E-state index in [-0.39, 0.29) is 25.0 Å². The number of imide groups is 1. The van der Waals surface area contributed by atoms with Crippen molar-refractivity contribution in [1.29, 1.82) is 0 Å². The first-order chi connectivity index (χ1) is 14.9. The molecule has 2 aromatic rings. The number of likely N-dealkylation sites (tertiary alicyclic amines) is 1. The molecule has 4 rings (SSSR count). The molecular weight excluding hydrogens is 418 g/mol. The van der Waals surface area contributed by atoms with E-state index in [0.717, 1.165) is 5.56 Å². The summed E-state index contributed by atoms with van der Waals surface area (Å²) in [5.41, 5.74) is 0.805. The van der Waals surface area contributed by atoms with E-state index in [9.17, 15) is 14.4 Å². The maximum atomic E-state index is 13.1. The summed E-state index contributed by atoms with van der Waals surface area (Å²) in [6, 6.07) is 14.2. The van der Waals surface area contributed by atoms with Gasteiger partial charge in [0.2, 0.25) is 0 Å². The van der Waals surface area contributed by atoms with Gasteiger partial charge in [-0.15, -0.1) is 0 Å². The Bertz CT molecular complexity index is 1020. The van der Waals surface area contributed by atoms with Crippen molar-refractivity contribution in [2.24, 2.45) is 0 Å². The van der Waals surface area contributed by atoms with Gasteiger partial charge in [-0.25, -0.2) is 4.79 Å². The van der Waals surface area contributed by atoms with Gasteiger partial charge >= 0.3 is 6.03 Å². The van der Waals surface area contributed by atoms with Crippen LogP contribution in [0.2, 0.25) is 5.02 Å². The second-order valence-corrected chi connectivity index (χ2v) is 8.39. The zero-order valence-electron chi connectivity index (χ0n) is 17.3. The van der Waals surface area contributed by atoms with Crippen LogP contribution in [0.5, 0.6) is 5.75 Å². The van der Waals surface area contributed by atoms with E-state index >= 15 is 0 Å². The number of urea groups is 1. The normalized spacial score (nSPS) is 17.7. The van der Waals surface area contributed by atoms with Crippen LogP contribution in [-0.4, -0.2) is 52.9 Å². The number of halogens is 1. The maximum absolute atomic E-state index is 13.1. The van der Waals surface area contributed by atoms with Crippen molar-refractivity contribution < 1.29 is 19.1 Å². The van der Waals surface area contributed by atoms with Crippen LogP contribution in [0.3, 0.4) is 0 Å². The average molecular weight is 442 g/mol. The molecule has 0 atom stereocenters. The van der Waals surface area contributed by atoms with E-state index < -0.39 is 11.6 Å². The Labute approximate surface area is 185 Å².